The quantitative estimate of drug-likeness (QED) is 0.282. The zero-order valence-corrected chi connectivity index (χ0v) is 19.2. The first-order valence-corrected chi connectivity index (χ1v) is 11.2. The summed E-state index contributed by atoms with van der Waals surface area (Å²) in [6.45, 7) is 6.69. The van der Waals surface area contributed by atoms with Crippen LogP contribution in [0.15, 0.2) is 54.3 Å². The van der Waals surface area contributed by atoms with Crippen LogP contribution in [0.5, 0.6) is 0 Å². The smallest absolute Gasteiger partial charge is 0.120 e. The average Bonchev–Trinajstić information content (AvgIpc) is 2.98. The van der Waals surface area contributed by atoms with Crippen molar-refractivity contribution in [1.29, 1.82) is 0 Å². The number of likely N-dealkylation sites (N-methyl/N-ethyl adjacent to an activating group) is 1. The Labute approximate surface area is 190 Å². The van der Waals surface area contributed by atoms with Gasteiger partial charge in [-0.1, -0.05) is 37.8 Å². The van der Waals surface area contributed by atoms with Crippen molar-refractivity contribution in [2.75, 3.05) is 50.9 Å². The van der Waals surface area contributed by atoms with Crippen molar-refractivity contribution in [1.82, 2.24) is 4.90 Å². The van der Waals surface area contributed by atoms with E-state index in [9.17, 15) is 4.79 Å². The van der Waals surface area contributed by atoms with Gasteiger partial charge in [-0.15, -0.1) is 0 Å². The van der Waals surface area contributed by atoms with E-state index in [1.165, 1.54) is 29.8 Å². The van der Waals surface area contributed by atoms with Gasteiger partial charge in [0.25, 0.3) is 0 Å². The highest BCUT2D eigenvalue weighted by Crippen LogP contribution is 2.18. The van der Waals surface area contributed by atoms with E-state index in [1.54, 1.807) is 0 Å². The molecule has 1 heterocycles. The van der Waals surface area contributed by atoms with Gasteiger partial charge in [0.1, 0.15) is 6.29 Å². The van der Waals surface area contributed by atoms with E-state index >= 15 is 0 Å². The number of thiol groups is 1. The number of anilines is 1. The molecule has 1 aliphatic heterocycles. The predicted molar refractivity (Wildman–Crippen MR) is 136 cm³/mol. The summed E-state index contributed by atoms with van der Waals surface area (Å²) in [6.07, 6.45) is 14.4. The molecule has 0 amide bonds. The number of carbonyl (C=O) groups excluding carboxylic acids is 1. The number of nitrogens with zero attached hydrogens (tertiary/aromatic N) is 2. The van der Waals surface area contributed by atoms with E-state index in [4.69, 9.17) is 0 Å². The van der Waals surface area contributed by atoms with Crippen LogP contribution in [-0.2, 0) is 4.79 Å². The molecule has 0 atom stereocenters. The fourth-order valence-electron chi connectivity index (χ4n) is 2.92. The van der Waals surface area contributed by atoms with Gasteiger partial charge < -0.3 is 19.9 Å². The van der Waals surface area contributed by atoms with E-state index in [2.05, 4.69) is 91.2 Å². The number of benzene rings is 1. The summed E-state index contributed by atoms with van der Waals surface area (Å²) in [4.78, 5) is 14.4. The first kappa shape index (κ1) is 28.2. The minimum atomic E-state index is 0. The van der Waals surface area contributed by atoms with E-state index < -0.39 is 0 Å². The van der Waals surface area contributed by atoms with E-state index in [-0.39, 0.29) is 7.43 Å². The van der Waals surface area contributed by atoms with Crippen molar-refractivity contribution in [3.05, 3.63) is 59.8 Å². The number of allylic oxidation sites excluding steroid dienone is 4. The summed E-state index contributed by atoms with van der Waals surface area (Å²) in [5.41, 5.74) is 3.81. The summed E-state index contributed by atoms with van der Waals surface area (Å²) in [5.74, 6) is 0.818. The van der Waals surface area contributed by atoms with Crippen molar-refractivity contribution < 1.29 is 10.1 Å². The number of quaternary nitrogens is 1. The maximum atomic E-state index is 9.53. The molecule has 0 aliphatic carbocycles. The number of carbonyl (C=O) groups is 1. The molecule has 0 aromatic heterocycles. The summed E-state index contributed by atoms with van der Waals surface area (Å²) in [5, 5.41) is 2.05. The molecule has 2 rings (SSSR count). The Hall–Kier alpha value is -1.82. The summed E-state index contributed by atoms with van der Waals surface area (Å²) in [6, 6.07) is 8.92. The largest absolute Gasteiger partial charge is 0.370 e. The molecule has 1 aromatic carbocycles. The molecule has 2 N–H and O–H groups in total. The van der Waals surface area contributed by atoms with Crippen LogP contribution < -0.4 is 10.2 Å². The van der Waals surface area contributed by atoms with Gasteiger partial charge in [0.05, 0.1) is 13.2 Å². The van der Waals surface area contributed by atoms with Crippen LogP contribution in [0.2, 0.25) is 0 Å². The van der Waals surface area contributed by atoms with Gasteiger partial charge in [0.15, 0.2) is 0 Å². The molecule has 0 spiro atoms. The Morgan fingerprint density at radius 3 is 2.43 bits per heavy atom. The fraction of sp³-hybridized carbons (Fsp3) is 0.480. The molecule has 0 radical (unpaired) electrons. The molecule has 1 aliphatic rings. The number of hydrogen-bond donors (Lipinski definition) is 2. The van der Waals surface area contributed by atoms with Gasteiger partial charge in [0.2, 0.25) is 0 Å². The summed E-state index contributed by atoms with van der Waals surface area (Å²) < 4.78 is 0. The fourth-order valence-corrected chi connectivity index (χ4v) is 3.11. The highest BCUT2D eigenvalue weighted by Gasteiger charge is 2.12. The predicted octanol–water partition coefficient (Wildman–Crippen LogP) is 4.03. The lowest BCUT2D eigenvalue weighted by Gasteiger charge is -2.22. The van der Waals surface area contributed by atoms with Gasteiger partial charge in [0, 0.05) is 31.7 Å². The molecule has 168 valence electrons. The molecule has 0 bridgehead atoms. The van der Waals surface area contributed by atoms with Crippen LogP contribution in [0.25, 0.3) is 6.08 Å². The number of hydrogen-bond acceptors (Lipinski definition) is 4. The van der Waals surface area contributed by atoms with Gasteiger partial charge >= 0.3 is 0 Å². The second-order valence-electron chi connectivity index (χ2n) is 7.08. The second-order valence-corrected chi connectivity index (χ2v) is 7.53. The molecule has 4 nitrogen and oxygen atoms in total. The summed E-state index contributed by atoms with van der Waals surface area (Å²) >= 11 is 3.90. The van der Waals surface area contributed by atoms with Crippen LogP contribution in [0.3, 0.4) is 0 Å². The molecule has 0 unspecified atom stereocenters. The Balaban J connectivity index is 0.00000105. The van der Waals surface area contributed by atoms with Crippen molar-refractivity contribution in [2.45, 2.75) is 33.6 Å². The van der Waals surface area contributed by atoms with Gasteiger partial charge in [-0.05, 0) is 68.5 Å². The highest BCUT2D eigenvalue weighted by molar-refractivity contribution is 7.80. The lowest BCUT2D eigenvalue weighted by molar-refractivity contribution is -0.556. The molecule has 1 saturated heterocycles. The van der Waals surface area contributed by atoms with E-state index in [0.29, 0.717) is 6.42 Å². The van der Waals surface area contributed by atoms with Crippen LogP contribution >= 0.6 is 12.6 Å². The van der Waals surface area contributed by atoms with Crippen LogP contribution in [0.4, 0.5) is 5.69 Å². The molecule has 0 saturated carbocycles. The SMILES string of the molecule is C.C/C=C(\C=C/[NH2+]C)/C=C/c1ccc(N2CCCN(C)CC2)cc1.O=CCCCS. The number of aldehydes is 1. The Kier molecular flexibility index (Phi) is 16.9. The molecular weight excluding hydrogens is 390 g/mol. The molecule has 30 heavy (non-hydrogen) atoms. The lowest BCUT2D eigenvalue weighted by Crippen LogP contribution is -2.72. The van der Waals surface area contributed by atoms with Crippen LogP contribution in [0, 0.1) is 0 Å². The van der Waals surface area contributed by atoms with E-state index in [0.717, 1.165) is 38.1 Å². The number of rotatable bonds is 8. The first-order valence-electron chi connectivity index (χ1n) is 10.5. The lowest BCUT2D eigenvalue weighted by atomic mass is 10.1. The minimum absolute atomic E-state index is 0. The molecule has 1 fully saturated rings. The van der Waals surface area contributed by atoms with E-state index in [1.807, 2.05) is 12.4 Å². The minimum Gasteiger partial charge on any atom is -0.370 e. The number of nitrogens with two attached hydrogens (primary N) is 1. The third-order valence-corrected chi connectivity index (χ3v) is 5.06. The topological polar surface area (TPSA) is 40.2 Å². The maximum Gasteiger partial charge on any atom is 0.120 e. The first-order chi connectivity index (χ1) is 14.1. The Morgan fingerprint density at radius 1 is 1.13 bits per heavy atom. The van der Waals surface area contributed by atoms with Crippen LogP contribution in [-0.4, -0.2) is 57.2 Å². The van der Waals surface area contributed by atoms with Crippen molar-refractivity contribution in [3.63, 3.8) is 0 Å². The summed E-state index contributed by atoms with van der Waals surface area (Å²) in [7, 11) is 4.24. The standard InChI is InChI=1S/C20H29N3.C4H8OS.CH4/c1-4-18(12-13-21-2)6-7-19-8-10-20(11-9-19)23-15-5-14-22(3)16-17-23;5-3-1-2-4-6;/h4,6-13,21H,5,14-17H2,1-3H3;3,6H,1-2,4H2;1H4/p+1/b7-6+,13-12-,18-4-;;. The molecule has 1 aromatic rings. The van der Waals surface area contributed by atoms with Gasteiger partial charge in [-0.2, -0.15) is 12.6 Å². The Morgan fingerprint density at radius 2 is 1.87 bits per heavy atom. The van der Waals surface area contributed by atoms with Gasteiger partial charge in [-0.25, -0.2) is 0 Å². The molecule has 5 heteroatoms. The zero-order valence-electron chi connectivity index (χ0n) is 18.3. The Bertz CT molecular complexity index is 653. The normalized spacial score (nSPS) is 15.5. The average molecular weight is 433 g/mol. The molecular formula is C25H42N3OS+. The van der Waals surface area contributed by atoms with Crippen molar-refractivity contribution in [3.8, 4) is 0 Å². The third kappa shape index (κ3) is 12.0. The maximum absolute atomic E-state index is 9.53. The second kappa shape index (κ2) is 18.0. The highest BCUT2D eigenvalue weighted by atomic mass is 32.1. The van der Waals surface area contributed by atoms with Gasteiger partial charge in [-0.3, -0.25) is 0 Å². The van der Waals surface area contributed by atoms with Crippen LogP contribution in [0.1, 0.15) is 39.2 Å². The zero-order chi connectivity index (χ0) is 21.3. The third-order valence-electron chi connectivity index (χ3n) is 4.74. The monoisotopic (exact) mass is 432 g/mol. The number of unbranched alkanes of at least 4 members (excludes halogenated alkanes) is 1. The van der Waals surface area contributed by atoms with Crippen molar-refractivity contribution in [2.24, 2.45) is 0 Å². The van der Waals surface area contributed by atoms with Crippen molar-refractivity contribution >= 4 is 30.7 Å².